The molecular weight excluding hydrogens is 477 g/mol. The van der Waals surface area contributed by atoms with E-state index in [2.05, 4.69) is 86.8 Å². The summed E-state index contributed by atoms with van der Waals surface area (Å²) in [6.45, 7) is 10.1. The van der Waals surface area contributed by atoms with Crippen molar-refractivity contribution in [2.45, 2.75) is 49.4 Å². The summed E-state index contributed by atoms with van der Waals surface area (Å²) in [6.07, 6.45) is 5.22. The fourth-order valence-electron chi connectivity index (χ4n) is 11.5. The number of anilines is 1. The number of benzene rings is 2. The van der Waals surface area contributed by atoms with E-state index in [1.807, 2.05) is 0 Å². The lowest BCUT2D eigenvalue weighted by Crippen LogP contribution is -2.79. The third kappa shape index (κ3) is 3.74. The zero-order chi connectivity index (χ0) is 25.8. The summed E-state index contributed by atoms with van der Waals surface area (Å²) in [6, 6.07) is 24.5. The van der Waals surface area contributed by atoms with Crippen molar-refractivity contribution in [3.63, 3.8) is 0 Å². The second-order valence-electron chi connectivity index (χ2n) is 13.5. The Hall–Kier alpha value is -1.86. The van der Waals surface area contributed by atoms with Crippen molar-refractivity contribution in [1.82, 2.24) is 21.3 Å². The zero-order valence-electron chi connectivity index (χ0n) is 23.4. The number of piperidine rings is 5. The maximum Gasteiger partial charge on any atom is 0.182 e. The highest BCUT2D eigenvalue weighted by molar-refractivity contribution is 6.76. The molecule has 1 spiro atoms. The van der Waals surface area contributed by atoms with Gasteiger partial charge >= 0.3 is 0 Å². The molecular formula is C33H46BN5. The Morgan fingerprint density at radius 1 is 0.564 bits per heavy atom. The number of fused-ring (bicyclic) bond motifs is 8. The number of nitrogens with zero attached hydrogens (tertiary/aromatic N) is 1. The van der Waals surface area contributed by atoms with Crippen molar-refractivity contribution in [3.8, 4) is 0 Å². The van der Waals surface area contributed by atoms with E-state index in [9.17, 15) is 0 Å². The van der Waals surface area contributed by atoms with Gasteiger partial charge in [0.2, 0.25) is 0 Å². The van der Waals surface area contributed by atoms with Gasteiger partial charge in [-0.15, -0.1) is 0 Å². The van der Waals surface area contributed by atoms with Gasteiger partial charge < -0.3 is 26.2 Å². The first kappa shape index (κ1) is 24.9. The van der Waals surface area contributed by atoms with Gasteiger partial charge in [-0.3, -0.25) is 0 Å². The predicted octanol–water partition coefficient (Wildman–Crippen LogP) is 2.82. The quantitative estimate of drug-likeness (QED) is 0.457. The van der Waals surface area contributed by atoms with Crippen LogP contribution in [0.4, 0.5) is 5.69 Å². The summed E-state index contributed by atoms with van der Waals surface area (Å²) in [7, 11) is 0. The van der Waals surface area contributed by atoms with Crippen LogP contribution in [0.3, 0.4) is 0 Å². The Labute approximate surface area is 235 Å². The van der Waals surface area contributed by atoms with Crippen molar-refractivity contribution in [2.75, 3.05) is 57.3 Å². The molecule has 39 heavy (non-hydrogen) atoms. The van der Waals surface area contributed by atoms with Crippen LogP contribution in [0.2, 0.25) is 11.6 Å². The molecule has 0 bridgehead atoms. The van der Waals surface area contributed by atoms with E-state index in [4.69, 9.17) is 0 Å². The molecule has 6 heterocycles. The molecule has 8 atom stereocenters. The number of rotatable bonds is 2. The Balaban J connectivity index is 1.32. The molecule has 2 aromatic carbocycles. The van der Waals surface area contributed by atoms with Crippen LogP contribution in [0.5, 0.6) is 0 Å². The van der Waals surface area contributed by atoms with Gasteiger partial charge in [-0.2, -0.15) is 0 Å². The average molecular weight is 524 g/mol. The van der Waals surface area contributed by atoms with Gasteiger partial charge in [0, 0.05) is 30.9 Å². The lowest BCUT2D eigenvalue weighted by molar-refractivity contribution is -0.133. The lowest BCUT2D eigenvalue weighted by atomic mass is 9.18. The van der Waals surface area contributed by atoms with Gasteiger partial charge in [0.1, 0.15) is 0 Å². The van der Waals surface area contributed by atoms with E-state index >= 15 is 0 Å². The first-order valence-corrected chi connectivity index (χ1v) is 16.1. The van der Waals surface area contributed by atoms with E-state index in [1.165, 1.54) is 70.6 Å². The molecule has 0 aromatic heterocycles. The number of nitrogens with one attached hydrogen (secondary N) is 4. The summed E-state index contributed by atoms with van der Waals surface area (Å²) >= 11 is 0. The fraction of sp³-hybridized carbons (Fsp3) is 0.636. The van der Waals surface area contributed by atoms with Gasteiger partial charge in [-0.1, -0.05) is 65.6 Å². The van der Waals surface area contributed by atoms with Crippen molar-refractivity contribution < 1.29 is 0 Å². The summed E-state index contributed by atoms with van der Waals surface area (Å²) in [5, 5.41) is 15.9. The molecule has 6 aliphatic heterocycles. The number of para-hydroxylation sites is 1. The first-order chi connectivity index (χ1) is 19.4. The second kappa shape index (κ2) is 10.2. The van der Waals surface area contributed by atoms with E-state index in [0.717, 1.165) is 36.6 Å². The van der Waals surface area contributed by atoms with Crippen LogP contribution < -0.4 is 31.6 Å². The molecule has 6 fully saturated rings. The Morgan fingerprint density at radius 3 is 1.56 bits per heavy atom. The molecule has 206 valence electrons. The minimum atomic E-state index is 0.350. The number of hydrogen-bond donors (Lipinski definition) is 4. The van der Waals surface area contributed by atoms with Crippen molar-refractivity contribution in [1.29, 1.82) is 0 Å². The van der Waals surface area contributed by atoms with Crippen LogP contribution in [0.1, 0.15) is 25.7 Å². The maximum absolute atomic E-state index is 3.98. The van der Waals surface area contributed by atoms with E-state index in [-0.39, 0.29) is 0 Å². The average Bonchev–Trinajstić information content (AvgIpc) is 3.02. The highest BCUT2D eigenvalue weighted by Gasteiger charge is 2.70. The number of hydrogen-bond acceptors (Lipinski definition) is 5. The van der Waals surface area contributed by atoms with Gasteiger partial charge in [-0.25, -0.2) is 0 Å². The minimum Gasteiger partial charge on any atom is -0.365 e. The maximum atomic E-state index is 3.98. The molecule has 0 amide bonds. The third-order valence-corrected chi connectivity index (χ3v) is 12.4. The van der Waals surface area contributed by atoms with Crippen molar-refractivity contribution in [2.24, 2.45) is 29.1 Å². The molecule has 2 aromatic rings. The summed E-state index contributed by atoms with van der Waals surface area (Å²) in [5.74, 6) is 4.39. The van der Waals surface area contributed by atoms with Gasteiger partial charge in [0.05, 0.1) is 0 Å². The van der Waals surface area contributed by atoms with Crippen LogP contribution in [0.25, 0.3) is 0 Å². The molecule has 0 radical (unpaired) electrons. The molecule has 6 heteroatoms. The molecule has 0 saturated carbocycles. The molecule has 8 unspecified atom stereocenters. The van der Waals surface area contributed by atoms with E-state index < -0.39 is 0 Å². The molecule has 6 aliphatic rings. The van der Waals surface area contributed by atoms with Crippen LogP contribution in [0, 0.1) is 29.1 Å². The normalized spacial score (nSPS) is 41.7. The zero-order valence-corrected chi connectivity index (χ0v) is 23.4. The standard InChI is InChI=1S/C33H46BN5/c1-3-7-23(8-4-1)34-29-11-15-35-19-25(29)33(26-20-36-16-12-30(26)34)27-21-37-17-13-31(27)39(24-9-5-2-6-10-24)32-14-18-38-22-28(32)33/h1-10,25-32,35-38H,11-22H2. The molecule has 0 aliphatic carbocycles. The Kier molecular flexibility index (Phi) is 6.52. The predicted molar refractivity (Wildman–Crippen MR) is 162 cm³/mol. The van der Waals surface area contributed by atoms with Crippen LogP contribution >= 0.6 is 0 Å². The topological polar surface area (TPSA) is 51.4 Å². The SMILES string of the molecule is c1ccc(B2C3CCNCC3C3(C4CNCCC24)C2CNCCC2N(c2ccccc2)C2CCNCC23)cc1. The Bertz CT molecular complexity index is 988. The molecule has 6 saturated heterocycles. The summed E-state index contributed by atoms with van der Waals surface area (Å²) in [5.41, 5.74) is 3.44. The monoisotopic (exact) mass is 523 g/mol. The van der Waals surface area contributed by atoms with Gasteiger partial charge in [0.15, 0.2) is 6.71 Å². The molecule has 4 N–H and O–H groups in total. The largest absolute Gasteiger partial charge is 0.365 e. The smallest absolute Gasteiger partial charge is 0.182 e. The van der Waals surface area contributed by atoms with Gasteiger partial charge in [0.25, 0.3) is 0 Å². The Morgan fingerprint density at radius 2 is 1.03 bits per heavy atom. The highest BCUT2D eigenvalue weighted by Crippen LogP contribution is 2.68. The lowest BCUT2D eigenvalue weighted by Gasteiger charge is -2.73. The van der Waals surface area contributed by atoms with Crippen LogP contribution in [0.15, 0.2) is 60.7 Å². The molecule has 8 rings (SSSR count). The van der Waals surface area contributed by atoms with Crippen LogP contribution in [-0.2, 0) is 0 Å². The highest BCUT2D eigenvalue weighted by atomic mass is 15.3. The summed E-state index contributed by atoms with van der Waals surface area (Å²) < 4.78 is 0. The fourth-order valence-corrected chi connectivity index (χ4v) is 11.5. The second-order valence-corrected chi connectivity index (χ2v) is 13.5. The van der Waals surface area contributed by atoms with Crippen molar-refractivity contribution in [3.05, 3.63) is 60.7 Å². The van der Waals surface area contributed by atoms with Gasteiger partial charge in [-0.05, 0) is 106 Å². The molecule has 5 nitrogen and oxygen atoms in total. The third-order valence-electron chi connectivity index (χ3n) is 12.4. The summed E-state index contributed by atoms with van der Waals surface area (Å²) in [4.78, 5) is 2.96. The van der Waals surface area contributed by atoms with Crippen LogP contribution in [-0.4, -0.2) is 71.2 Å². The first-order valence-electron chi connectivity index (χ1n) is 16.1. The van der Waals surface area contributed by atoms with E-state index in [1.54, 1.807) is 5.46 Å². The van der Waals surface area contributed by atoms with E-state index in [0.29, 0.717) is 36.0 Å². The minimum absolute atomic E-state index is 0.350. The van der Waals surface area contributed by atoms with Crippen molar-refractivity contribution >= 4 is 17.9 Å².